The molecule has 0 aromatic heterocycles. The number of nitrogens with one attached hydrogen (secondary N) is 1. The Morgan fingerprint density at radius 2 is 2.38 bits per heavy atom. The van der Waals surface area contributed by atoms with Gasteiger partial charge >= 0.3 is 0 Å². The second-order valence-electron chi connectivity index (χ2n) is 3.81. The summed E-state index contributed by atoms with van der Waals surface area (Å²) in [6.07, 6.45) is -3.00. The fourth-order valence-corrected chi connectivity index (χ4v) is 3.02. The third kappa shape index (κ3) is 2.04. The van der Waals surface area contributed by atoms with Gasteiger partial charge in [-0.25, -0.2) is 4.39 Å². The number of nitrogens with zero attached hydrogens (tertiary/aromatic N) is 1. The molecule has 5 atom stereocenters. The van der Waals surface area contributed by atoms with Crippen LogP contribution in [0.5, 0.6) is 0 Å². The molecule has 92 valence electrons. The molecule has 2 saturated heterocycles. The maximum absolute atomic E-state index is 13.9. The van der Waals surface area contributed by atoms with Gasteiger partial charge in [0.1, 0.15) is 11.5 Å². The highest BCUT2D eigenvalue weighted by atomic mass is 32.2. The van der Waals surface area contributed by atoms with Gasteiger partial charge in [0.2, 0.25) is 0 Å². The molecule has 0 aromatic carbocycles. The van der Waals surface area contributed by atoms with E-state index in [-0.39, 0.29) is 18.5 Å². The first-order valence-corrected chi connectivity index (χ1v) is 6.03. The fourth-order valence-electron chi connectivity index (χ4n) is 1.92. The molecule has 3 N–H and O–H groups in total. The second-order valence-corrected chi connectivity index (χ2v) is 4.89. The SMILES string of the molecule is CN=C1N[C@@H]2[C@@H](F)[C@H](O)[C@@H](CCO)O[C@@H]2S1. The van der Waals surface area contributed by atoms with Gasteiger partial charge in [0.15, 0.2) is 11.3 Å². The van der Waals surface area contributed by atoms with Crippen molar-refractivity contribution < 1.29 is 19.3 Å². The first kappa shape index (κ1) is 12.1. The van der Waals surface area contributed by atoms with E-state index >= 15 is 0 Å². The maximum Gasteiger partial charge on any atom is 0.159 e. The molecule has 2 aliphatic heterocycles. The molecule has 7 heteroatoms. The predicted octanol–water partition coefficient (Wildman–Crippen LogP) is -0.516. The summed E-state index contributed by atoms with van der Waals surface area (Å²) in [6.45, 7) is -0.126. The molecule has 0 amide bonds. The summed E-state index contributed by atoms with van der Waals surface area (Å²) in [7, 11) is 1.61. The highest BCUT2D eigenvalue weighted by molar-refractivity contribution is 8.14. The number of aliphatic hydroxyl groups excluding tert-OH is 2. The molecule has 0 bridgehead atoms. The molecule has 0 aliphatic carbocycles. The lowest BCUT2D eigenvalue weighted by Crippen LogP contribution is -2.57. The lowest BCUT2D eigenvalue weighted by Gasteiger charge is -2.37. The van der Waals surface area contributed by atoms with E-state index < -0.39 is 24.4 Å². The molecule has 2 aliphatic rings. The Balaban J connectivity index is 2.09. The minimum atomic E-state index is -1.40. The van der Waals surface area contributed by atoms with Crippen LogP contribution in [0.15, 0.2) is 4.99 Å². The van der Waals surface area contributed by atoms with Gasteiger partial charge in [-0.2, -0.15) is 0 Å². The quantitative estimate of drug-likeness (QED) is 0.615. The molecule has 2 fully saturated rings. The van der Waals surface area contributed by atoms with Crippen molar-refractivity contribution in [2.45, 2.75) is 36.3 Å². The monoisotopic (exact) mass is 250 g/mol. The molecular weight excluding hydrogens is 235 g/mol. The van der Waals surface area contributed by atoms with E-state index in [0.717, 1.165) is 0 Å². The van der Waals surface area contributed by atoms with Crippen LogP contribution in [0.3, 0.4) is 0 Å². The highest BCUT2D eigenvalue weighted by Crippen LogP contribution is 2.35. The normalized spacial score (nSPS) is 45.5. The van der Waals surface area contributed by atoms with Crippen LogP contribution in [0.25, 0.3) is 0 Å². The minimum Gasteiger partial charge on any atom is -0.396 e. The van der Waals surface area contributed by atoms with E-state index in [0.29, 0.717) is 5.17 Å². The Morgan fingerprint density at radius 3 is 3.00 bits per heavy atom. The number of aliphatic imine (C=N–C) groups is 1. The minimum absolute atomic E-state index is 0.126. The van der Waals surface area contributed by atoms with E-state index in [2.05, 4.69) is 10.3 Å². The van der Waals surface area contributed by atoms with Crippen molar-refractivity contribution in [2.24, 2.45) is 4.99 Å². The van der Waals surface area contributed by atoms with Gasteiger partial charge in [-0.3, -0.25) is 4.99 Å². The van der Waals surface area contributed by atoms with Crippen molar-refractivity contribution in [1.29, 1.82) is 0 Å². The molecule has 16 heavy (non-hydrogen) atoms. The predicted molar refractivity (Wildman–Crippen MR) is 59.1 cm³/mol. The summed E-state index contributed by atoms with van der Waals surface area (Å²) in [6, 6.07) is -0.561. The molecule has 5 nitrogen and oxygen atoms in total. The van der Waals surface area contributed by atoms with Gasteiger partial charge < -0.3 is 20.3 Å². The molecule has 2 heterocycles. The zero-order chi connectivity index (χ0) is 11.7. The van der Waals surface area contributed by atoms with Gasteiger partial charge in [0.25, 0.3) is 0 Å². The Labute approximate surface area is 97.1 Å². The van der Waals surface area contributed by atoms with Crippen molar-refractivity contribution in [3.63, 3.8) is 0 Å². The number of fused-ring (bicyclic) bond motifs is 1. The smallest absolute Gasteiger partial charge is 0.159 e. The zero-order valence-electron chi connectivity index (χ0n) is 8.84. The molecule has 2 rings (SSSR count). The van der Waals surface area contributed by atoms with E-state index in [1.54, 1.807) is 7.05 Å². The molecule has 0 aromatic rings. The van der Waals surface area contributed by atoms with Gasteiger partial charge in [0, 0.05) is 13.7 Å². The maximum atomic E-state index is 13.9. The van der Waals surface area contributed by atoms with Crippen molar-refractivity contribution in [3.8, 4) is 0 Å². The largest absolute Gasteiger partial charge is 0.396 e. The van der Waals surface area contributed by atoms with E-state index in [1.165, 1.54) is 11.8 Å². The average molecular weight is 250 g/mol. The van der Waals surface area contributed by atoms with Crippen LogP contribution in [-0.2, 0) is 4.74 Å². The first-order valence-electron chi connectivity index (χ1n) is 5.15. The van der Waals surface area contributed by atoms with Crippen molar-refractivity contribution in [2.75, 3.05) is 13.7 Å². The number of rotatable bonds is 2. The summed E-state index contributed by atoms with van der Waals surface area (Å²) in [5.74, 6) is 0. The first-order chi connectivity index (χ1) is 7.67. The van der Waals surface area contributed by atoms with Crippen LogP contribution in [-0.4, -0.2) is 58.9 Å². The average Bonchev–Trinajstić information content (AvgIpc) is 2.69. The van der Waals surface area contributed by atoms with E-state index in [1.807, 2.05) is 0 Å². The zero-order valence-corrected chi connectivity index (χ0v) is 9.65. The number of hydrogen-bond acceptors (Lipinski definition) is 5. The Morgan fingerprint density at radius 1 is 1.62 bits per heavy atom. The Kier molecular flexibility index (Phi) is 3.68. The number of amidine groups is 1. The third-order valence-corrected chi connectivity index (χ3v) is 3.95. The summed E-state index contributed by atoms with van der Waals surface area (Å²) in [4.78, 5) is 3.93. The van der Waals surface area contributed by atoms with Crippen LogP contribution in [0.1, 0.15) is 6.42 Å². The number of ether oxygens (including phenoxy) is 1. The number of halogens is 1. The fraction of sp³-hybridized carbons (Fsp3) is 0.889. The molecule has 0 radical (unpaired) electrons. The second kappa shape index (κ2) is 4.87. The highest BCUT2D eigenvalue weighted by Gasteiger charge is 2.49. The van der Waals surface area contributed by atoms with Crippen LogP contribution >= 0.6 is 11.8 Å². The van der Waals surface area contributed by atoms with E-state index in [9.17, 15) is 9.50 Å². The summed E-state index contributed by atoms with van der Waals surface area (Å²) in [5.41, 5.74) is -0.381. The van der Waals surface area contributed by atoms with Crippen molar-refractivity contribution in [3.05, 3.63) is 0 Å². The van der Waals surface area contributed by atoms with Gasteiger partial charge in [0.05, 0.1) is 12.1 Å². The summed E-state index contributed by atoms with van der Waals surface area (Å²) < 4.78 is 19.4. The van der Waals surface area contributed by atoms with Crippen molar-refractivity contribution in [1.82, 2.24) is 5.32 Å². The number of aliphatic hydroxyl groups is 2. The standard InChI is InChI=1S/C9H15FN2O3S/c1-11-9-12-6-5(10)7(14)4(2-3-13)15-8(6)16-9/h4-8,13-14H,2-3H2,1H3,(H,11,12)/t4-,5-,6-,7-,8-/m1/s1. The Bertz CT molecular complexity index is 292. The van der Waals surface area contributed by atoms with Crippen LogP contribution in [0.2, 0.25) is 0 Å². The third-order valence-electron chi connectivity index (χ3n) is 2.79. The summed E-state index contributed by atoms with van der Waals surface area (Å²) >= 11 is 1.31. The van der Waals surface area contributed by atoms with Gasteiger partial charge in [-0.05, 0) is 6.42 Å². The number of hydrogen-bond donors (Lipinski definition) is 3. The van der Waals surface area contributed by atoms with E-state index in [4.69, 9.17) is 9.84 Å². The van der Waals surface area contributed by atoms with Crippen LogP contribution in [0.4, 0.5) is 4.39 Å². The van der Waals surface area contributed by atoms with Gasteiger partial charge in [-0.15, -0.1) is 0 Å². The van der Waals surface area contributed by atoms with Gasteiger partial charge in [-0.1, -0.05) is 11.8 Å². The molecule has 0 spiro atoms. The summed E-state index contributed by atoms with van der Waals surface area (Å²) in [5, 5.41) is 22.0. The number of alkyl halides is 1. The van der Waals surface area contributed by atoms with Crippen LogP contribution < -0.4 is 5.32 Å². The topological polar surface area (TPSA) is 74.1 Å². The lowest BCUT2D eigenvalue weighted by molar-refractivity contribution is -0.139. The molecular formula is C9H15FN2O3S. The van der Waals surface area contributed by atoms with Crippen LogP contribution in [0, 0.1) is 0 Å². The Hall–Kier alpha value is -0.370. The lowest BCUT2D eigenvalue weighted by atomic mass is 9.97. The molecule has 0 saturated carbocycles. The van der Waals surface area contributed by atoms with Crippen molar-refractivity contribution >= 4 is 16.9 Å². The number of thioether (sulfide) groups is 1. The molecule has 0 unspecified atom stereocenters.